The Morgan fingerprint density at radius 2 is 1.04 bits per heavy atom. The van der Waals surface area contributed by atoms with Crippen LogP contribution in [0.1, 0.15) is 5.56 Å². The Bertz CT molecular complexity index is 1040. The molecule has 0 amide bonds. The SMILES string of the molecule is Cc1ccc2c(c1)[P+](c1ccccc1)(c1ccccc1)c1ccccc1-2. The Kier molecular flexibility index (Phi) is 3.55. The van der Waals surface area contributed by atoms with Crippen LogP contribution in [0.4, 0.5) is 0 Å². The summed E-state index contributed by atoms with van der Waals surface area (Å²) in [6.45, 7) is 2.20. The first kappa shape index (κ1) is 15.6. The summed E-state index contributed by atoms with van der Waals surface area (Å²) >= 11 is 0. The van der Waals surface area contributed by atoms with E-state index in [0.29, 0.717) is 0 Å². The van der Waals surface area contributed by atoms with Gasteiger partial charge in [0.1, 0.15) is 28.5 Å². The first-order valence-corrected chi connectivity index (χ1v) is 10.8. The Morgan fingerprint density at radius 1 is 0.500 bits per heavy atom. The van der Waals surface area contributed by atoms with Crippen molar-refractivity contribution in [2.24, 2.45) is 0 Å². The lowest BCUT2D eigenvalue weighted by Gasteiger charge is -2.24. The molecule has 0 nitrogen and oxygen atoms in total. The van der Waals surface area contributed by atoms with Gasteiger partial charge in [0.25, 0.3) is 0 Å². The Hall–Kier alpha value is -2.69. The lowest BCUT2D eigenvalue weighted by atomic mass is 10.0. The van der Waals surface area contributed by atoms with Gasteiger partial charge < -0.3 is 0 Å². The van der Waals surface area contributed by atoms with E-state index in [1.165, 1.54) is 37.9 Å². The number of hydrogen-bond donors (Lipinski definition) is 0. The van der Waals surface area contributed by atoms with Crippen LogP contribution in [-0.4, -0.2) is 0 Å². The van der Waals surface area contributed by atoms with Crippen LogP contribution in [0, 0.1) is 6.92 Å². The van der Waals surface area contributed by atoms with E-state index in [2.05, 4.69) is 110 Å². The molecule has 5 rings (SSSR count). The van der Waals surface area contributed by atoms with Gasteiger partial charge in [0, 0.05) is 11.1 Å². The lowest BCUT2D eigenvalue weighted by Crippen LogP contribution is -2.35. The predicted octanol–water partition coefficient (Wildman–Crippen LogP) is 4.59. The van der Waals surface area contributed by atoms with Crippen LogP contribution in [-0.2, 0) is 0 Å². The molecule has 0 N–H and O–H groups in total. The van der Waals surface area contributed by atoms with E-state index in [-0.39, 0.29) is 0 Å². The van der Waals surface area contributed by atoms with Crippen molar-refractivity contribution in [3.05, 3.63) is 109 Å². The maximum atomic E-state index is 2.42. The highest BCUT2D eigenvalue weighted by Gasteiger charge is 2.54. The lowest BCUT2D eigenvalue weighted by molar-refractivity contribution is 1.50. The Labute approximate surface area is 155 Å². The van der Waals surface area contributed by atoms with Gasteiger partial charge in [0.05, 0.1) is 0 Å². The topological polar surface area (TPSA) is 0 Å². The quantitative estimate of drug-likeness (QED) is 0.408. The molecule has 0 fully saturated rings. The highest BCUT2D eigenvalue weighted by Crippen LogP contribution is 2.61. The molecule has 26 heavy (non-hydrogen) atoms. The molecule has 4 aromatic rings. The second-order valence-electron chi connectivity index (χ2n) is 6.88. The van der Waals surface area contributed by atoms with Gasteiger partial charge in [0.15, 0.2) is 0 Å². The van der Waals surface area contributed by atoms with Crippen LogP contribution in [0.5, 0.6) is 0 Å². The maximum absolute atomic E-state index is 2.42. The summed E-state index contributed by atoms with van der Waals surface area (Å²) in [5.74, 6) is 0. The largest absolute Gasteiger partial charge is 0.145 e. The smallest absolute Gasteiger partial charge is 0.0620 e. The normalized spacial score (nSPS) is 13.9. The number of aryl methyl sites for hydroxylation is 1. The average Bonchev–Trinajstić information content (AvgIpc) is 3.00. The van der Waals surface area contributed by atoms with E-state index >= 15 is 0 Å². The molecule has 0 radical (unpaired) electrons. The van der Waals surface area contributed by atoms with E-state index in [0.717, 1.165) is 0 Å². The molecule has 0 aliphatic carbocycles. The predicted molar refractivity (Wildman–Crippen MR) is 115 cm³/mol. The molecule has 124 valence electrons. The number of benzene rings is 4. The summed E-state index contributed by atoms with van der Waals surface area (Å²) in [6, 6.07) is 38.2. The van der Waals surface area contributed by atoms with Crippen LogP contribution in [0.2, 0.25) is 0 Å². The van der Waals surface area contributed by atoms with Crippen molar-refractivity contribution in [2.45, 2.75) is 6.92 Å². The van der Waals surface area contributed by atoms with Crippen LogP contribution in [0.25, 0.3) is 11.1 Å². The van der Waals surface area contributed by atoms with Crippen LogP contribution < -0.4 is 21.2 Å². The van der Waals surface area contributed by atoms with Crippen LogP contribution in [0.3, 0.4) is 0 Å². The number of hydrogen-bond acceptors (Lipinski definition) is 0. The maximum Gasteiger partial charge on any atom is 0.145 e. The number of rotatable bonds is 2. The van der Waals surface area contributed by atoms with E-state index in [4.69, 9.17) is 0 Å². The van der Waals surface area contributed by atoms with Gasteiger partial charge in [-0.15, -0.1) is 0 Å². The molecule has 0 bridgehead atoms. The van der Waals surface area contributed by atoms with Gasteiger partial charge in [-0.05, 0) is 55.0 Å². The fourth-order valence-corrected chi connectivity index (χ4v) is 9.01. The zero-order valence-electron chi connectivity index (χ0n) is 14.8. The summed E-state index contributed by atoms with van der Waals surface area (Å²) in [5.41, 5.74) is 4.11. The summed E-state index contributed by atoms with van der Waals surface area (Å²) < 4.78 is 0. The molecule has 0 saturated heterocycles. The average molecular weight is 351 g/mol. The second-order valence-corrected chi connectivity index (χ2v) is 10.2. The second kappa shape index (κ2) is 5.94. The first-order chi connectivity index (χ1) is 12.8. The minimum atomic E-state index is -1.86. The van der Waals surface area contributed by atoms with E-state index < -0.39 is 7.26 Å². The van der Waals surface area contributed by atoms with Crippen molar-refractivity contribution in [1.82, 2.24) is 0 Å². The zero-order valence-corrected chi connectivity index (χ0v) is 15.7. The molecule has 4 aromatic carbocycles. The monoisotopic (exact) mass is 351 g/mol. The Morgan fingerprint density at radius 3 is 1.69 bits per heavy atom. The fraction of sp³-hybridized carbons (Fsp3) is 0.0400. The number of fused-ring (bicyclic) bond motifs is 3. The van der Waals surface area contributed by atoms with Crippen molar-refractivity contribution in [3.8, 4) is 11.1 Å². The minimum absolute atomic E-state index is 1.33. The molecular weight excluding hydrogens is 331 g/mol. The molecule has 1 heterocycles. The molecular formula is C25H20P+. The molecule has 0 unspecified atom stereocenters. The molecule has 1 heteroatoms. The molecule has 0 atom stereocenters. The summed E-state index contributed by atoms with van der Waals surface area (Å²) in [6.07, 6.45) is 0. The van der Waals surface area contributed by atoms with Crippen molar-refractivity contribution in [2.75, 3.05) is 0 Å². The van der Waals surface area contributed by atoms with Crippen molar-refractivity contribution < 1.29 is 0 Å². The van der Waals surface area contributed by atoms with E-state index in [1.807, 2.05) is 0 Å². The molecule has 1 aliphatic rings. The molecule has 0 aromatic heterocycles. The first-order valence-electron chi connectivity index (χ1n) is 9.03. The van der Waals surface area contributed by atoms with Crippen molar-refractivity contribution >= 4 is 28.5 Å². The van der Waals surface area contributed by atoms with Gasteiger partial charge in [-0.25, -0.2) is 0 Å². The summed E-state index contributed by atoms with van der Waals surface area (Å²) in [4.78, 5) is 0. The van der Waals surface area contributed by atoms with Crippen molar-refractivity contribution in [3.63, 3.8) is 0 Å². The van der Waals surface area contributed by atoms with Crippen molar-refractivity contribution in [1.29, 1.82) is 0 Å². The third kappa shape index (κ3) is 2.06. The van der Waals surface area contributed by atoms with E-state index in [9.17, 15) is 0 Å². The highest BCUT2D eigenvalue weighted by atomic mass is 31.2. The zero-order chi connectivity index (χ0) is 17.6. The highest BCUT2D eigenvalue weighted by molar-refractivity contribution is 8.02. The van der Waals surface area contributed by atoms with Crippen LogP contribution in [0.15, 0.2) is 103 Å². The van der Waals surface area contributed by atoms with Gasteiger partial charge in [0.2, 0.25) is 0 Å². The summed E-state index contributed by atoms with van der Waals surface area (Å²) in [5, 5.41) is 5.85. The third-order valence-corrected chi connectivity index (χ3v) is 9.71. The van der Waals surface area contributed by atoms with Gasteiger partial charge in [-0.1, -0.05) is 60.7 Å². The fourth-order valence-electron chi connectivity index (χ4n) is 4.28. The Balaban J connectivity index is 1.99. The van der Waals surface area contributed by atoms with Crippen LogP contribution >= 0.6 is 7.26 Å². The summed E-state index contributed by atoms with van der Waals surface area (Å²) in [7, 11) is -1.86. The molecule has 1 aliphatic heterocycles. The third-order valence-electron chi connectivity index (χ3n) is 5.36. The van der Waals surface area contributed by atoms with E-state index in [1.54, 1.807) is 0 Å². The van der Waals surface area contributed by atoms with Gasteiger partial charge in [-0.2, -0.15) is 0 Å². The van der Waals surface area contributed by atoms with Gasteiger partial charge >= 0.3 is 0 Å². The standard InChI is InChI=1S/C25H20P/c1-19-16-17-23-22-14-8-9-15-24(22)26(25(23)18-19,20-10-4-2-5-11-20)21-12-6-3-7-13-21/h2-18H,1H3/q+1. The molecule has 0 spiro atoms. The van der Waals surface area contributed by atoms with Gasteiger partial charge in [-0.3, -0.25) is 0 Å². The minimum Gasteiger partial charge on any atom is -0.0620 e. The molecule has 0 saturated carbocycles.